The van der Waals surface area contributed by atoms with Gasteiger partial charge in [0.15, 0.2) is 5.96 Å². The van der Waals surface area contributed by atoms with E-state index in [1.165, 1.54) is 0 Å². The summed E-state index contributed by atoms with van der Waals surface area (Å²) in [6.07, 6.45) is 2.25. The first kappa shape index (κ1) is 21.1. The van der Waals surface area contributed by atoms with Gasteiger partial charge in [-0.05, 0) is 18.4 Å². The summed E-state index contributed by atoms with van der Waals surface area (Å²) in [6.45, 7) is 2.09. The van der Waals surface area contributed by atoms with Crippen LogP contribution < -0.4 is 22.1 Å². The number of aliphatic imine (C=N–C) groups is 1. The van der Waals surface area contributed by atoms with Crippen LogP contribution in [0, 0.1) is 0 Å². The van der Waals surface area contributed by atoms with Crippen LogP contribution in [0.2, 0.25) is 0 Å². The molecule has 2 amide bonds. The molecule has 1 aromatic carbocycles. The SMILES string of the molecule is CCC(=O)N[C@@H](Cc1ccccc1)C(=O)N[C@@H](C=O)CCCN=C(N)N. The Morgan fingerprint density at radius 3 is 2.46 bits per heavy atom. The van der Waals surface area contributed by atoms with Gasteiger partial charge in [-0.2, -0.15) is 0 Å². The van der Waals surface area contributed by atoms with Crippen molar-refractivity contribution in [2.24, 2.45) is 16.5 Å². The normalized spacial score (nSPS) is 12.5. The van der Waals surface area contributed by atoms with Crippen LogP contribution in [0.25, 0.3) is 0 Å². The van der Waals surface area contributed by atoms with E-state index in [1.807, 2.05) is 30.3 Å². The molecule has 1 aromatic rings. The summed E-state index contributed by atoms with van der Waals surface area (Å²) in [5.74, 6) is -0.632. The number of nitrogens with zero attached hydrogens (tertiary/aromatic N) is 1. The molecule has 0 aliphatic rings. The molecule has 0 aromatic heterocycles. The fraction of sp³-hybridized carbons (Fsp3) is 0.444. The lowest BCUT2D eigenvalue weighted by Crippen LogP contribution is -2.51. The predicted octanol–water partition coefficient (Wildman–Crippen LogP) is -0.139. The predicted molar refractivity (Wildman–Crippen MR) is 100 cm³/mol. The highest BCUT2D eigenvalue weighted by atomic mass is 16.2. The zero-order valence-electron chi connectivity index (χ0n) is 15.0. The van der Waals surface area contributed by atoms with E-state index in [2.05, 4.69) is 15.6 Å². The highest BCUT2D eigenvalue weighted by molar-refractivity contribution is 5.89. The summed E-state index contributed by atoms with van der Waals surface area (Å²) in [4.78, 5) is 39.4. The number of nitrogens with two attached hydrogens (primary N) is 2. The molecule has 0 saturated heterocycles. The quantitative estimate of drug-likeness (QED) is 0.188. The summed E-state index contributed by atoms with van der Waals surface area (Å²) in [6, 6.07) is 7.96. The maximum Gasteiger partial charge on any atom is 0.243 e. The number of aldehydes is 1. The van der Waals surface area contributed by atoms with Crippen LogP contribution in [0.4, 0.5) is 0 Å². The lowest BCUT2D eigenvalue weighted by Gasteiger charge is -2.21. The first-order valence-corrected chi connectivity index (χ1v) is 8.60. The van der Waals surface area contributed by atoms with Gasteiger partial charge in [0.05, 0.1) is 6.04 Å². The second-order valence-electron chi connectivity index (χ2n) is 5.86. The molecule has 0 aliphatic carbocycles. The molecule has 0 radical (unpaired) electrons. The van der Waals surface area contributed by atoms with Crippen molar-refractivity contribution >= 4 is 24.1 Å². The minimum absolute atomic E-state index is 0.0121. The number of guanidine groups is 1. The molecule has 0 spiro atoms. The number of carbonyl (C=O) groups is 3. The molecular formula is C18H27N5O3. The number of hydrogen-bond donors (Lipinski definition) is 4. The highest BCUT2D eigenvalue weighted by Gasteiger charge is 2.23. The first-order valence-electron chi connectivity index (χ1n) is 8.60. The molecule has 8 nitrogen and oxygen atoms in total. The molecule has 0 saturated carbocycles. The first-order chi connectivity index (χ1) is 12.5. The Labute approximate surface area is 153 Å². The second-order valence-corrected chi connectivity index (χ2v) is 5.86. The Morgan fingerprint density at radius 1 is 1.19 bits per heavy atom. The number of nitrogens with one attached hydrogen (secondary N) is 2. The fourth-order valence-corrected chi connectivity index (χ4v) is 2.33. The van der Waals surface area contributed by atoms with Gasteiger partial charge in [-0.15, -0.1) is 0 Å². The molecule has 6 N–H and O–H groups in total. The molecule has 0 aliphatic heterocycles. The van der Waals surface area contributed by atoms with Crippen molar-refractivity contribution in [3.63, 3.8) is 0 Å². The Kier molecular flexibility index (Phi) is 9.45. The summed E-state index contributed by atoms with van der Waals surface area (Å²) < 4.78 is 0. The van der Waals surface area contributed by atoms with Gasteiger partial charge >= 0.3 is 0 Å². The lowest BCUT2D eigenvalue weighted by molar-refractivity contribution is -0.130. The van der Waals surface area contributed by atoms with Crippen molar-refractivity contribution in [1.82, 2.24) is 10.6 Å². The molecule has 2 atom stereocenters. The van der Waals surface area contributed by atoms with Crippen LogP contribution in [-0.2, 0) is 20.8 Å². The topological polar surface area (TPSA) is 140 Å². The number of hydrogen-bond acceptors (Lipinski definition) is 4. The standard InChI is InChI=1S/C18H27N5O3/c1-2-16(25)23-15(11-13-7-4-3-5-8-13)17(26)22-14(12-24)9-6-10-21-18(19)20/h3-5,7-8,12,14-15H,2,6,9-11H2,1H3,(H,22,26)(H,23,25)(H4,19,20,21)/t14-,15+/m1/s1. The van der Waals surface area contributed by atoms with Crippen molar-refractivity contribution in [3.05, 3.63) is 35.9 Å². The van der Waals surface area contributed by atoms with E-state index in [1.54, 1.807) is 6.92 Å². The van der Waals surface area contributed by atoms with Gasteiger partial charge in [-0.1, -0.05) is 37.3 Å². The van der Waals surface area contributed by atoms with E-state index >= 15 is 0 Å². The van der Waals surface area contributed by atoms with E-state index in [0.29, 0.717) is 32.1 Å². The van der Waals surface area contributed by atoms with Crippen LogP contribution in [-0.4, -0.2) is 42.7 Å². The van der Waals surface area contributed by atoms with E-state index in [9.17, 15) is 14.4 Å². The number of carbonyl (C=O) groups excluding carboxylic acids is 3. The molecule has 0 bridgehead atoms. The average Bonchev–Trinajstić information content (AvgIpc) is 2.63. The third-order valence-electron chi connectivity index (χ3n) is 3.72. The van der Waals surface area contributed by atoms with Crippen molar-refractivity contribution in [1.29, 1.82) is 0 Å². The Hall–Kier alpha value is -2.90. The Bertz CT molecular complexity index is 615. The lowest BCUT2D eigenvalue weighted by atomic mass is 10.0. The molecule has 0 heterocycles. The van der Waals surface area contributed by atoms with Gasteiger partial charge in [0, 0.05) is 19.4 Å². The smallest absolute Gasteiger partial charge is 0.243 e. The second kappa shape index (κ2) is 11.6. The molecule has 0 fully saturated rings. The Balaban J connectivity index is 2.68. The molecule has 0 unspecified atom stereocenters. The third kappa shape index (κ3) is 8.27. The van der Waals surface area contributed by atoms with E-state index in [-0.39, 0.29) is 18.3 Å². The summed E-state index contributed by atoms with van der Waals surface area (Å²) in [5.41, 5.74) is 11.4. The van der Waals surface area contributed by atoms with Gasteiger partial charge in [0.1, 0.15) is 12.3 Å². The third-order valence-corrected chi connectivity index (χ3v) is 3.72. The maximum atomic E-state index is 12.6. The van der Waals surface area contributed by atoms with E-state index < -0.39 is 18.0 Å². The van der Waals surface area contributed by atoms with Gasteiger partial charge in [0.2, 0.25) is 11.8 Å². The van der Waals surface area contributed by atoms with Gasteiger partial charge in [-0.3, -0.25) is 14.6 Å². The molecule has 8 heteroatoms. The van der Waals surface area contributed by atoms with Crippen LogP contribution in [0.1, 0.15) is 31.7 Å². The van der Waals surface area contributed by atoms with Crippen LogP contribution in [0.3, 0.4) is 0 Å². The molecule has 26 heavy (non-hydrogen) atoms. The highest BCUT2D eigenvalue weighted by Crippen LogP contribution is 2.05. The van der Waals surface area contributed by atoms with Crippen molar-refractivity contribution < 1.29 is 14.4 Å². The monoisotopic (exact) mass is 361 g/mol. The van der Waals surface area contributed by atoms with Crippen molar-refractivity contribution in [2.75, 3.05) is 6.54 Å². The molecule has 1 rings (SSSR count). The van der Waals surface area contributed by atoms with Gasteiger partial charge in [0.25, 0.3) is 0 Å². The number of amides is 2. The maximum absolute atomic E-state index is 12.6. The summed E-state index contributed by atoms with van der Waals surface area (Å²) in [5, 5.41) is 5.38. The minimum atomic E-state index is -0.745. The largest absolute Gasteiger partial charge is 0.370 e. The summed E-state index contributed by atoms with van der Waals surface area (Å²) in [7, 11) is 0. The fourth-order valence-electron chi connectivity index (χ4n) is 2.33. The molecule has 142 valence electrons. The van der Waals surface area contributed by atoms with Crippen molar-refractivity contribution in [2.45, 2.75) is 44.7 Å². The van der Waals surface area contributed by atoms with Crippen LogP contribution >= 0.6 is 0 Å². The van der Waals surface area contributed by atoms with Crippen molar-refractivity contribution in [3.8, 4) is 0 Å². The van der Waals surface area contributed by atoms with Gasteiger partial charge in [-0.25, -0.2) is 0 Å². The van der Waals surface area contributed by atoms with E-state index in [4.69, 9.17) is 11.5 Å². The molecular weight excluding hydrogens is 334 g/mol. The van der Waals surface area contributed by atoms with Crippen LogP contribution in [0.15, 0.2) is 35.3 Å². The minimum Gasteiger partial charge on any atom is -0.370 e. The van der Waals surface area contributed by atoms with Crippen LogP contribution in [0.5, 0.6) is 0 Å². The zero-order chi connectivity index (χ0) is 19.4. The number of rotatable bonds is 11. The number of benzene rings is 1. The van der Waals surface area contributed by atoms with Gasteiger partial charge < -0.3 is 26.9 Å². The summed E-state index contributed by atoms with van der Waals surface area (Å²) >= 11 is 0. The zero-order valence-corrected chi connectivity index (χ0v) is 15.0. The Morgan fingerprint density at radius 2 is 1.88 bits per heavy atom. The average molecular weight is 361 g/mol. The van der Waals surface area contributed by atoms with E-state index in [0.717, 1.165) is 5.56 Å².